The average molecular weight is 402 g/mol. The maximum Gasteiger partial charge on any atom is 0.256 e. The van der Waals surface area contributed by atoms with E-state index in [1.54, 1.807) is 17.4 Å². The summed E-state index contributed by atoms with van der Waals surface area (Å²) in [4.78, 5) is 17.0. The number of amides is 1. The molecule has 0 fully saturated rings. The number of hydrogen-bond donors (Lipinski definition) is 2. The molecule has 3 rings (SSSR count). The number of aromatic nitrogens is 1. The van der Waals surface area contributed by atoms with Crippen molar-refractivity contribution in [3.8, 4) is 11.3 Å². The predicted molar refractivity (Wildman–Crippen MR) is 104 cm³/mol. The third kappa shape index (κ3) is 3.83. The quantitative estimate of drug-likeness (QED) is 0.613. The lowest BCUT2D eigenvalue weighted by Gasteiger charge is -2.08. The van der Waals surface area contributed by atoms with Gasteiger partial charge in [0.1, 0.15) is 0 Å². The van der Waals surface area contributed by atoms with Gasteiger partial charge in [0.25, 0.3) is 5.91 Å². The highest BCUT2D eigenvalue weighted by Gasteiger charge is 2.10. The van der Waals surface area contributed by atoms with Crippen LogP contribution in [-0.2, 0) is 0 Å². The maximum atomic E-state index is 12.4. The van der Waals surface area contributed by atoms with E-state index in [2.05, 4.69) is 31.5 Å². The van der Waals surface area contributed by atoms with Crippen molar-refractivity contribution in [2.45, 2.75) is 6.92 Å². The molecule has 6 heteroatoms. The molecule has 2 aromatic carbocycles. The Hall–Kier alpha value is -2.18. The zero-order chi connectivity index (χ0) is 16.9. The van der Waals surface area contributed by atoms with Crippen molar-refractivity contribution in [1.29, 1.82) is 0 Å². The van der Waals surface area contributed by atoms with E-state index in [1.807, 2.05) is 54.8 Å². The van der Waals surface area contributed by atoms with E-state index < -0.39 is 0 Å². The summed E-state index contributed by atoms with van der Waals surface area (Å²) in [7, 11) is 0. The summed E-state index contributed by atoms with van der Waals surface area (Å²) in [6.07, 6.45) is 0. The second-order valence-electron chi connectivity index (χ2n) is 5.08. The van der Waals surface area contributed by atoms with Gasteiger partial charge in [0.15, 0.2) is 5.13 Å². The minimum absolute atomic E-state index is 0.147. The van der Waals surface area contributed by atoms with Gasteiger partial charge in [0.2, 0.25) is 0 Å². The number of halogens is 1. The molecular weight excluding hydrogens is 386 g/mol. The Morgan fingerprint density at radius 2 is 2.04 bits per heavy atom. The van der Waals surface area contributed by atoms with Crippen LogP contribution in [0.1, 0.15) is 17.3 Å². The molecule has 122 valence electrons. The van der Waals surface area contributed by atoms with Crippen molar-refractivity contribution in [3.63, 3.8) is 0 Å². The normalized spacial score (nSPS) is 10.4. The van der Waals surface area contributed by atoms with Crippen LogP contribution in [0.4, 0.5) is 10.8 Å². The van der Waals surface area contributed by atoms with Crippen molar-refractivity contribution in [3.05, 3.63) is 63.9 Å². The number of carbonyl (C=O) groups is 1. The van der Waals surface area contributed by atoms with Crippen LogP contribution >= 0.6 is 27.3 Å². The van der Waals surface area contributed by atoms with E-state index >= 15 is 0 Å². The van der Waals surface area contributed by atoms with Gasteiger partial charge in [-0.1, -0.05) is 24.3 Å². The van der Waals surface area contributed by atoms with Crippen LogP contribution in [0, 0.1) is 0 Å². The third-order valence-electron chi connectivity index (χ3n) is 3.37. The van der Waals surface area contributed by atoms with Crippen LogP contribution in [-0.4, -0.2) is 17.4 Å². The lowest BCUT2D eigenvalue weighted by molar-refractivity contribution is 0.102. The number of nitrogens with one attached hydrogen (secondary N) is 2. The summed E-state index contributed by atoms with van der Waals surface area (Å²) >= 11 is 4.97. The zero-order valence-corrected chi connectivity index (χ0v) is 15.4. The molecule has 1 amide bonds. The first-order chi connectivity index (χ1) is 11.7. The molecule has 0 aliphatic rings. The molecular formula is C18H16BrN3OS. The van der Waals surface area contributed by atoms with E-state index in [4.69, 9.17) is 0 Å². The summed E-state index contributed by atoms with van der Waals surface area (Å²) in [6.45, 7) is 2.88. The van der Waals surface area contributed by atoms with E-state index in [1.165, 1.54) is 0 Å². The average Bonchev–Trinajstić information content (AvgIpc) is 3.04. The van der Waals surface area contributed by atoms with Crippen LogP contribution in [0.25, 0.3) is 11.3 Å². The fourth-order valence-electron chi connectivity index (χ4n) is 2.24. The van der Waals surface area contributed by atoms with E-state index in [9.17, 15) is 4.79 Å². The molecule has 0 aliphatic heterocycles. The fourth-order valence-corrected chi connectivity index (χ4v) is 3.49. The first-order valence-electron chi connectivity index (χ1n) is 7.53. The lowest BCUT2D eigenvalue weighted by Crippen LogP contribution is -2.12. The van der Waals surface area contributed by atoms with E-state index in [-0.39, 0.29) is 5.91 Å². The number of benzene rings is 2. The SMILES string of the molecule is CCNc1nc(-c2cccc(NC(=O)c3ccccc3Br)c2)cs1. The molecule has 2 N–H and O–H groups in total. The molecule has 0 saturated heterocycles. The molecule has 1 heterocycles. The van der Waals surface area contributed by atoms with Crippen LogP contribution in [0.3, 0.4) is 0 Å². The summed E-state index contributed by atoms with van der Waals surface area (Å²) < 4.78 is 0.772. The van der Waals surface area contributed by atoms with Crippen molar-refractivity contribution in [1.82, 2.24) is 4.98 Å². The number of thiazole rings is 1. The highest BCUT2D eigenvalue weighted by atomic mass is 79.9. The molecule has 0 atom stereocenters. The Balaban J connectivity index is 1.80. The van der Waals surface area contributed by atoms with Gasteiger partial charge in [0, 0.05) is 27.6 Å². The Kier molecular flexibility index (Phi) is 5.27. The number of anilines is 2. The minimum Gasteiger partial charge on any atom is -0.362 e. The molecule has 0 aliphatic carbocycles. The van der Waals surface area contributed by atoms with Crippen molar-refractivity contribution in [2.24, 2.45) is 0 Å². The summed E-state index contributed by atoms with van der Waals surface area (Å²) in [6, 6.07) is 15.1. The first kappa shape index (κ1) is 16.7. The smallest absolute Gasteiger partial charge is 0.256 e. The molecule has 0 bridgehead atoms. The standard InChI is InChI=1S/C18H16BrN3OS/c1-2-20-18-22-16(11-24-18)12-6-5-7-13(10-12)21-17(23)14-8-3-4-9-15(14)19/h3-11H,2H2,1H3,(H,20,22)(H,21,23). The van der Waals surface area contributed by atoms with Gasteiger partial charge in [-0.25, -0.2) is 4.98 Å². The molecule has 0 radical (unpaired) electrons. The molecule has 0 saturated carbocycles. The topological polar surface area (TPSA) is 54.0 Å². The van der Waals surface area contributed by atoms with Crippen molar-refractivity contribution in [2.75, 3.05) is 17.2 Å². The van der Waals surface area contributed by atoms with Gasteiger partial charge in [-0.3, -0.25) is 4.79 Å². The monoisotopic (exact) mass is 401 g/mol. The molecule has 3 aromatic rings. The fraction of sp³-hybridized carbons (Fsp3) is 0.111. The maximum absolute atomic E-state index is 12.4. The Morgan fingerprint density at radius 3 is 2.83 bits per heavy atom. The van der Waals surface area contributed by atoms with Crippen LogP contribution < -0.4 is 10.6 Å². The summed E-state index contributed by atoms with van der Waals surface area (Å²) in [5.74, 6) is -0.147. The van der Waals surface area contributed by atoms with Gasteiger partial charge in [-0.05, 0) is 47.1 Å². The highest BCUT2D eigenvalue weighted by molar-refractivity contribution is 9.10. The van der Waals surface area contributed by atoms with Gasteiger partial charge in [-0.2, -0.15) is 0 Å². The molecule has 0 unspecified atom stereocenters. The van der Waals surface area contributed by atoms with Crippen LogP contribution in [0.15, 0.2) is 58.4 Å². The number of carbonyl (C=O) groups excluding carboxylic acids is 1. The first-order valence-corrected chi connectivity index (χ1v) is 9.20. The predicted octanol–water partition coefficient (Wildman–Crippen LogP) is 5.26. The third-order valence-corrected chi connectivity index (χ3v) is 4.86. The van der Waals surface area contributed by atoms with Crippen molar-refractivity contribution >= 4 is 44.0 Å². The number of nitrogens with zero attached hydrogens (tertiary/aromatic N) is 1. The van der Waals surface area contributed by atoms with E-state index in [0.29, 0.717) is 5.56 Å². The van der Waals surface area contributed by atoms with Crippen molar-refractivity contribution < 1.29 is 4.79 Å². The summed E-state index contributed by atoms with van der Waals surface area (Å²) in [5, 5.41) is 9.04. The highest BCUT2D eigenvalue weighted by Crippen LogP contribution is 2.27. The van der Waals surface area contributed by atoms with Crippen LogP contribution in [0.5, 0.6) is 0 Å². The Labute approximate surface area is 153 Å². The lowest BCUT2D eigenvalue weighted by atomic mass is 10.1. The van der Waals surface area contributed by atoms with E-state index in [0.717, 1.165) is 33.1 Å². The molecule has 24 heavy (non-hydrogen) atoms. The Bertz CT molecular complexity index is 863. The number of rotatable bonds is 5. The number of hydrogen-bond acceptors (Lipinski definition) is 4. The largest absolute Gasteiger partial charge is 0.362 e. The van der Waals surface area contributed by atoms with Gasteiger partial charge < -0.3 is 10.6 Å². The van der Waals surface area contributed by atoms with Gasteiger partial charge in [-0.15, -0.1) is 11.3 Å². The molecule has 4 nitrogen and oxygen atoms in total. The Morgan fingerprint density at radius 1 is 1.21 bits per heavy atom. The van der Waals surface area contributed by atoms with Gasteiger partial charge >= 0.3 is 0 Å². The zero-order valence-electron chi connectivity index (χ0n) is 13.0. The summed E-state index contributed by atoms with van der Waals surface area (Å²) in [5.41, 5.74) is 3.21. The second-order valence-corrected chi connectivity index (χ2v) is 6.80. The molecule has 1 aromatic heterocycles. The minimum atomic E-state index is -0.147. The van der Waals surface area contributed by atoms with Gasteiger partial charge in [0.05, 0.1) is 11.3 Å². The second kappa shape index (κ2) is 7.59. The van der Waals surface area contributed by atoms with Crippen LogP contribution in [0.2, 0.25) is 0 Å². The molecule has 0 spiro atoms.